The van der Waals surface area contributed by atoms with Gasteiger partial charge in [-0.2, -0.15) is 17.5 Å². The van der Waals surface area contributed by atoms with Gasteiger partial charge in [-0.3, -0.25) is 0 Å². The van der Waals surface area contributed by atoms with Gasteiger partial charge < -0.3 is 10.0 Å². The fourth-order valence-electron chi connectivity index (χ4n) is 3.66. The molecule has 2 atom stereocenters. The van der Waals surface area contributed by atoms with Crippen LogP contribution in [-0.2, 0) is 24.7 Å². The number of halogens is 3. The van der Waals surface area contributed by atoms with E-state index in [-0.39, 0.29) is 18.3 Å². The zero-order valence-corrected chi connectivity index (χ0v) is 17.1. The molecule has 28 heavy (non-hydrogen) atoms. The predicted octanol–water partition coefficient (Wildman–Crippen LogP) is 0.553. The molecular weight excluding hydrogens is 425 g/mol. The smallest absolute Gasteiger partial charge is 0.475 e. The average Bonchev–Trinajstić information content (AvgIpc) is 3.34. The molecule has 2 aliphatic heterocycles. The minimum Gasteiger partial charge on any atom is -0.475 e. The summed E-state index contributed by atoms with van der Waals surface area (Å²) in [6, 6.07) is -0.372. The number of aliphatic carboxylic acids is 1. The summed E-state index contributed by atoms with van der Waals surface area (Å²) in [6.45, 7) is 2.73. The number of alkyl halides is 3. The molecule has 1 aliphatic carbocycles. The van der Waals surface area contributed by atoms with Crippen molar-refractivity contribution in [2.75, 3.05) is 38.2 Å². The number of nitrogens with zero attached hydrogens (tertiary/aromatic N) is 2. The van der Waals surface area contributed by atoms with Gasteiger partial charge in [0.2, 0.25) is 10.0 Å². The second-order valence-electron chi connectivity index (χ2n) is 7.47. The first-order valence-electron chi connectivity index (χ1n) is 8.92. The average molecular weight is 451 g/mol. The number of carboxylic acid groups (broad SMARTS) is 1. The molecule has 3 rings (SSSR count). The number of sulfonamides is 1. The highest BCUT2D eigenvalue weighted by Crippen LogP contribution is 2.33. The van der Waals surface area contributed by atoms with Gasteiger partial charge >= 0.3 is 12.1 Å². The van der Waals surface area contributed by atoms with Gasteiger partial charge in [0.1, 0.15) is 0 Å². The van der Waals surface area contributed by atoms with Gasteiger partial charge in [-0.15, -0.1) is 0 Å². The summed E-state index contributed by atoms with van der Waals surface area (Å²) in [5, 5.41) is 6.60. The van der Waals surface area contributed by atoms with Crippen molar-refractivity contribution in [3.8, 4) is 0 Å². The Balaban J connectivity index is 0.000000345. The molecule has 2 heterocycles. The van der Waals surface area contributed by atoms with Crippen LogP contribution in [0.15, 0.2) is 0 Å². The lowest BCUT2D eigenvalue weighted by molar-refractivity contribution is -0.192. The number of hydrogen-bond donors (Lipinski definition) is 1. The van der Waals surface area contributed by atoms with Crippen LogP contribution in [0.4, 0.5) is 13.2 Å². The van der Waals surface area contributed by atoms with E-state index in [4.69, 9.17) is 9.90 Å². The van der Waals surface area contributed by atoms with Gasteiger partial charge in [0.25, 0.3) is 0 Å². The Morgan fingerprint density at radius 2 is 1.64 bits per heavy atom. The number of hydrogen-bond acceptors (Lipinski definition) is 6. The van der Waals surface area contributed by atoms with E-state index in [0.717, 1.165) is 25.6 Å². The number of sulfone groups is 1. The van der Waals surface area contributed by atoms with Crippen LogP contribution in [0.2, 0.25) is 0 Å². The van der Waals surface area contributed by atoms with E-state index < -0.39 is 37.3 Å². The summed E-state index contributed by atoms with van der Waals surface area (Å²) in [6.07, 6.45) is -0.154. The first-order chi connectivity index (χ1) is 12.7. The van der Waals surface area contributed by atoms with Crippen LogP contribution in [0, 0.1) is 5.92 Å². The Kier molecular flexibility index (Phi) is 7.04. The van der Waals surface area contributed by atoms with Crippen molar-refractivity contribution in [3.05, 3.63) is 0 Å². The Morgan fingerprint density at radius 1 is 1.11 bits per heavy atom. The first kappa shape index (κ1) is 23.4. The van der Waals surface area contributed by atoms with E-state index in [1.807, 2.05) is 0 Å². The minimum absolute atomic E-state index is 0.0378. The lowest BCUT2D eigenvalue weighted by atomic mass is 10.1. The van der Waals surface area contributed by atoms with Crippen LogP contribution in [0.1, 0.15) is 25.7 Å². The lowest BCUT2D eigenvalue weighted by Gasteiger charge is -2.38. The summed E-state index contributed by atoms with van der Waals surface area (Å²) in [5.74, 6) is -2.02. The molecule has 8 nitrogen and oxygen atoms in total. The fraction of sp³-hybridized carbons (Fsp3) is 0.933. The number of fused-ring (bicyclic) bond motifs is 1. The highest BCUT2D eigenvalue weighted by molar-refractivity contribution is 7.92. The summed E-state index contributed by atoms with van der Waals surface area (Å²) in [4.78, 5) is 11.2. The molecule has 164 valence electrons. The maximum atomic E-state index is 12.3. The number of likely N-dealkylation sites (tertiary alicyclic amines) is 1. The topological polar surface area (TPSA) is 112 Å². The zero-order chi connectivity index (χ0) is 21.3. The molecule has 0 aromatic heterocycles. The van der Waals surface area contributed by atoms with Gasteiger partial charge in [0, 0.05) is 19.1 Å². The Hall–Kier alpha value is -0.920. The molecule has 0 aromatic rings. The third kappa shape index (κ3) is 6.29. The number of carbonyl (C=O) groups is 1. The highest BCUT2D eigenvalue weighted by atomic mass is 32.2. The summed E-state index contributed by atoms with van der Waals surface area (Å²) in [7, 11) is -6.51. The monoisotopic (exact) mass is 450 g/mol. The van der Waals surface area contributed by atoms with E-state index in [1.54, 1.807) is 0 Å². The van der Waals surface area contributed by atoms with E-state index in [1.165, 1.54) is 23.4 Å². The van der Waals surface area contributed by atoms with Crippen LogP contribution in [0.25, 0.3) is 0 Å². The van der Waals surface area contributed by atoms with Crippen molar-refractivity contribution in [2.24, 2.45) is 5.92 Å². The van der Waals surface area contributed by atoms with Crippen molar-refractivity contribution in [2.45, 2.75) is 43.2 Å². The molecule has 2 saturated heterocycles. The number of carboxylic acids is 1. The molecule has 0 amide bonds. The molecule has 3 fully saturated rings. The highest BCUT2D eigenvalue weighted by Gasteiger charge is 2.46. The Morgan fingerprint density at radius 3 is 2.11 bits per heavy atom. The van der Waals surface area contributed by atoms with Gasteiger partial charge in [0.15, 0.2) is 9.84 Å². The van der Waals surface area contributed by atoms with E-state index in [0.29, 0.717) is 12.8 Å². The second-order valence-corrected chi connectivity index (χ2v) is 11.7. The van der Waals surface area contributed by atoms with Gasteiger partial charge in [0.05, 0.1) is 17.3 Å². The van der Waals surface area contributed by atoms with Crippen LogP contribution in [0.5, 0.6) is 0 Å². The van der Waals surface area contributed by atoms with E-state index in [2.05, 4.69) is 4.90 Å². The molecule has 13 heteroatoms. The summed E-state index contributed by atoms with van der Waals surface area (Å²) < 4.78 is 81.8. The normalized spacial score (nSPS) is 29.1. The number of rotatable bonds is 3. The van der Waals surface area contributed by atoms with Gasteiger partial charge in [-0.05, 0) is 44.7 Å². The molecular formula is C15H25F3N2O6S2. The SMILES string of the molecule is CS(=O)(=O)N1CCS(=O)(=O)[C@@H]2CCN(CC3CC3)CC[C@@H]21.O=C(O)C(F)(F)F. The first-order valence-corrected chi connectivity index (χ1v) is 12.5. The molecule has 0 unspecified atom stereocenters. The molecule has 0 radical (unpaired) electrons. The Labute approximate surface area is 162 Å². The van der Waals surface area contributed by atoms with Crippen molar-refractivity contribution in [1.82, 2.24) is 9.21 Å². The zero-order valence-electron chi connectivity index (χ0n) is 15.4. The predicted molar refractivity (Wildman–Crippen MR) is 95.0 cm³/mol. The third-order valence-electron chi connectivity index (χ3n) is 5.21. The lowest BCUT2D eigenvalue weighted by Crippen LogP contribution is -2.56. The van der Waals surface area contributed by atoms with Crippen molar-refractivity contribution in [1.29, 1.82) is 0 Å². The van der Waals surface area contributed by atoms with Crippen LogP contribution in [0.3, 0.4) is 0 Å². The van der Waals surface area contributed by atoms with Crippen molar-refractivity contribution >= 4 is 25.8 Å². The summed E-state index contributed by atoms with van der Waals surface area (Å²) in [5.41, 5.74) is 0. The molecule has 0 bridgehead atoms. The summed E-state index contributed by atoms with van der Waals surface area (Å²) >= 11 is 0. The van der Waals surface area contributed by atoms with Gasteiger partial charge in [-0.1, -0.05) is 0 Å². The van der Waals surface area contributed by atoms with Crippen LogP contribution >= 0.6 is 0 Å². The van der Waals surface area contributed by atoms with E-state index in [9.17, 15) is 30.0 Å². The Bertz CT molecular complexity index is 780. The molecule has 1 N–H and O–H groups in total. The molecule has 0 aromatic carbocycles. The minimum atomic E-state index is -5.08. The fourth-order valence-corrected chi connectivity index (χ4v) is 7.00. The standard InChI is InChI=1S/C13H24N2O4S2.C2HF3O2/c1-20(16,17)15-8-9-21(18,19)13-5-7-14(6-4-12(13)15)10-11-2-3-11;3-2(4,5)1(6)7/h11-13H,2-10H2,1H3;(H,6,7)/t12-,13+;/m0./s1. The maximum Gasteiger partial charge on any atom is 0.490 e. The van der Waals surface area contributed by atoms with Crippen LogP contribution < -0.4 is 0 Å². The molecule has 1 saturated carbocycles. The van der Waals surface area contributed by atoms with E-state index >= 15 is 0 Å². The van der Waals surface area contributed by atoms with Crippen LogP contribution in [-0.4, -0.2) is 92.8 Å². The largest absolute Gasteiger partial charge is 0.490 e. The van der Waals surface area contributed by atoms with Gasteiger partial charge in [-0.25, -0.2) is 21.6 Å². The van der Waals surface area contributed by atoms with Crippen molar-refractivity contribution < 1.29 is 39.9 Å². The maximum absolute atomic E-state index is 12.3. The second kappa shape index (κ2) is 8.44. The quantitative estimate of drug-likeness (QED) is 0.668. The third-order valence-corrected chi connectivity index (χ3v) is 8.74. The molecule has 0 spiro atoms. The molecule has 3 aliphatic rings. The van der Waals surface area contributed by atoms with Crippen molar-refractivity contribution in [3.63, 3.8) is 0 Å².